The minimum atomic E-state index is -0.584. The Bertz CT molecular complexity index is 873. The van der Waals surface area contributed by atoms with E-state index < -0.39 is 5.41 Å². The Morgan fingerprint density at radius 2 is 1.87 bits per heavy atom. The zero-order valence-corrected chi connectivity index (χ0v) is 17.4. The summed E-state index contributed by atoms with van der Waals surface area (Å²) in [7, 11) is 0. The third-order valence-corrected chi connectivity index (χ3v) is 6.72. The summed E-state index contributed by atoms with van der Waals surface area (Å²) in [6.45, 7) is 3.45. The van der Waals surface area contributed by atoms with Crippen molar-refractivity contribution in [3.63, 3.8) is 0 Å². The number of carbonyl (C=O) groups is 2. The molecule has 1 aromatic carbocycles. The molecule has 2 amide bonds. The van der Waals surface area contributed by atoms with Crippen LogP contribution in [0.25, 0.3) is 0 Å². The number of H-pyrrole nitrogens is 1. The fourth-order valence-electron chi connectivity index (χ4n) is 4.96. The minimum Gasteiger partial charge on any atom is -0.343 e. The van der Waals surface area contributed by atoms with E-state index in [1.54, 1.807) is 25.3 Å². The van der Waals surface area contributed by atoms with Crippen molar-refractivity contribution in [1.82, 2.24) is 20.0 Å². The van der Waals surface area contributed by atoms with Crippen LogP contribution in [0.1, 0.15) is 56.3 Å². The highest BCUT2D eigenvalue weighted by molar-refractivity contribution is 5.84. The molecule has 0 saturated carbocycles. The Hall–Kier alpha value is -2.70. The summed E-state index contributed by atoms with van der Waals surface area (Å²) < 4.78 is 13.4. The van der Waals surface area contributed by atoms with E-state index in [0.717, 1.165) is 37.1 Å². The van der Waals surface area contributed by atoms with Crippen LogP contribution in [-0.4, -0.2) is 51.4 Å². The predicted molar refractivity (Wildman–Crippen MR) is 111 cm³/mol. The number of nitrogens with zero attached hydrogens (tertiary/aromatic N) is 3. The first kappa shape index (κ1) is 20.6. The highest BCUT2D eigenvalue weighted by Crippen LogP contribution is 2.41. The lowest BCUT2D eigenvalue weighted by molar-refractivity contribution is -0.151. The number of carbonyl (C=O) groups excluding carboxylic acids is 2. The number of hydrogen-bond acceptors (Lipinski definition) is 3. The minimum absolute atomic E-state index is 0.00433. The van der Waals surface area contributed by atoms with Crippen molar-refractivity contribution in [2.24, 2.45) is 5.41 Å². The number of piperidine rings is 2. The molecule has 1 aromatic heterocycles. The maximum absolute atomic E-state index is 14.0. The molecular weight excluding hydrogens is 383 g/mol. The molecule has 0 spiro atoms. The van der Waals surface area contributed by atoms with Crippen molar-refractivity contribution >= 4 is 11.8 Å². The second-order valence-electron chi connectivity index (χ2n) is 8.61. The van der Waals surface area contributed by atoms with Gasteiger partial charge in [-0.05, 0) is 62.3 Å². The van der Waals surface area contributed by atoms with Gasteiger partial charge in [-0.2, -0.15) is 5.10 Å². The molecule has 1 N–H and O–H groups in total. The lowest BCUT2D eigenvalue weighted by Crippen LogP contribution is -2.53. The van der Waals surface area contributed by atoms with E-state index in [2.05, 4.69) is 10.2 Å². The van der Waals surface area contributed by atoms with Crippen LogP contribution >= 0.6 is 0 Å². The Kier molecular flexibility index (Phi) is 5.88. The average Bonchev–Trinajstić information content (AvgIpc) is 3.30. The fraction of sp³-hybridized carbons (Fsp3) is 0.522. The number of nitrogens with one attached hydrogen (secondary N) is 1. The molecule has 1 unspecified atom stereocenters. The highest BCUT2D eigenvalue weighted by Gasteiger charge is 2.46. The van der Waals surface area contributed by atoms with Gasteiger partial charge in [-0.15, -0.1) is 0 Å². The van der Waals surface area contributed by atoms with Crippen LogP contribution in [-0.2, 0) is 16.0 Å². The zero-order chi connectivity index (χ0) is 21.1. The number of likely N-dealkylation sites (tertiary alicyclic amines) is 2. The second-order valence-corrected chi connectivity index (χ2v) is 8.61. The third-order valence-electron chi connectivity index (χ3n) is 6.72. The van der Waals surface area contributed by atoms with E-state index in [1.165, 1.54) is 12.1 Å². The third kappa shape index (κ3) is 4.11. The maximum Gasteiger partial charge on any atom is 0.229 e. The molecule has 7 heteroatoms. The van der Waals surface area contributed by atoms with Crippen LogP contribution in [0.15, 0.2) is 36.5 Å². The topological polar surface area (TPSA) is 69.3 Å². The average molecular weight is 413 g/mol. The van der Waals surface area contributed by atoms with Crippen LogP contribution < -0.4 is 0 Å². The molecule has 30 heavy (non-hydrogen) atoms. The summed E-state index contributed by atoms with van der Waals surface area (Å²) in [5.74, 6) is -0.0821. The molecule has 1 atom stereocenters. The standard InChI is InChI=1S/C23H29FN4O2/c1-17(29)27-14-10-23(11-15-27,16-18-5-7-19(24)8-6-18)22(30)28-13-3-2-4-21(28)20-9-12-25-26-20/h5-9,12,21H,2-4,10-11,13-16H2,1H3,(H,25,26). The summed E-state index contributed by atoms with van der Waals surface area (Å²) in [4.78, 5) is 29.7. The molecule has 0 bridgehead atoms. The van der Waals surface area contributed by atoms with E-state index >= 15 is 0 Å². The van der Waals surface area contributed by atoms with Gasteiger partial charge in [0, 0.05) is 32.8 Å². The zero-order valence-electron chi connectivity index (χ0n) is 17.4. The van der Waals surface area contributed by atoms with E-state index in [4.69, 9.17) is 0 Å². The van der Waals surface area contributed by atoms with Crippen LogP contribution in [0.2, 0.25) is 0 Å². The molecular formula is C23H29FN4O2. The predicted octanol–water partition coefficient (Wildman–Crippen LogP) is 3.47. The van der Waals surface area contributed by atoms with Gasteiger partial charge in [0.25, 0.3) is 0 Å². The molecule has 2 saturated heterocycles. The Labute approximate surface area is 176 Å². The van der Waals surface area contributed by atoms with E-state index in [9.17, 15) is 14.0 Å². The van der Waals surface area contributed by atoms with Crippen LogP contribution in [0, 0.1) is 11.2 Å². The van der Waals surface area contributed by atoms with Crippen molar-refractivity contribution < 1.29 is 14.0 Å². The molecule has 0 aliphatic carbocycles. The molecule has 2 aliphatic heterocycles. The number of rotatable bonds is 4. The van der Waals surface area contributed by atoms with Gasteiger partial charge in [0.05, 0.1) is 17.2 Å². The first-order valence-corrected chi connectivity index (χ1v) is 10.8. The number of amides is 2. The molecule has 3 heterocycles. The fourth-order valence-corrected chi connectivity index (χ4v) is 4.96. The lowest BCUT2D eigenvalue weighted by Gasteiger charge is -2.46. The number of aromatic nitrogens is 2. The van der Waals surface area contributed by atoms with Crippen LogP contribution in [0.3, 0.4) is 0 Å². The van der Waals surface area contributed by atoms with E-state index in [-0.39, 0.29) is 23.7 Å². The smallest absolute Gasteiger partial charge is 0.229 e. The quantitative estimate of drug-likeness (QED) is 0.836. The second kappa shape index (κ2) is 8.58. The Morgan fingerprint density at radius 3 is 2.50 bits per heavy atom. The largest absolute Gasteiger partial charge is 0.343 e. The first-order valence-electron chi connectivity index (χ1n) is 10.8. The summed E-state index contributed by atoms with van der Waals surface area (Å²) in [5, 5.41) is 7.13. The lowest BCUT2D eigenvalue weighted by atomic mass is 9.72. The molecule has 4 rings (SSSR count). The monoisotopic (exact) mass is 412 g/mol. The van der Waals surface area contributed by atoms with Crippen molar-refractivity contribution in [3.05, 3.63) is 53.6 Å². The number of halogens is 1. The normalized spacial score (nSPS) is 21.5. The molecule has 2 aliphatic rings. The summed E-state index contributed by atoms with van der Waals surface area (Å²) in [6, 6.07) is 8.39. The Balaban J connectivity index is 1.63. The van der Waals surface area contributed by atoms with Crippen molar-refractivity contribution in [2.45, 2.75) is 51.5 Å². The van der Waals surface area contributed by atoms with Crippen LogP contribution in [0.5, 0.6) is 0 Å². The number of hydrogen-bond donors (Lipinski definition) is 1. The first-order chi connectivity index (χ1) is 14.5. The summed E-state index contributed by atoms with van der Waals surface area (Å²) in [6.07, 6.45) is 6.51. The molecule has 160 valence electrons. The Morgan fingerprint density at radius 1 is 1.13 bits per heavy atom. The van der Waals surface area contributed by atoms with Crippen LogP contribution in [0.4, 0.5) is 4.39 Å². The molecule has 2 aromatic rings. The van der Waals surface area contributed by atoms with Crippen molar-refractivity contribution in [3.8, 4) is 0 Å². The van der Waals surface area contributed by atoms with Gasteiger partial charge in [-0.1, -0.05) is 12.1 Å². The van der Waals surface area contributed by atoms with Gasteiger partial charge in [-0.3, -0.25) is 14.7 Å². The summed E-state index contributed by atoms with van der Waals surface area (Å²) >= 11 is 0. The number of aromatic amines is 1. The molecule has 2 fully saturated rings. The van der Waals surface area contributed by atoms with Gasteiger partial charge in [0.1, 0.15) is 5.82 Å². The van der Waals surface area contributed by atoms with E-state index in [0.29, 0.717) is 32.4 Å². The van der Waals surface area contributed by atoms with Crippen molar-refractivity contribution in [1.29, 1.82) is 0 Å². The van der Waals surface area contributed by atoms with Gasteiger partial charge < -0.3 is 9.80 Å². The molecule has 6 nitrogen and oxygen atoms in total. The highest BCUT2D eigenvalue weighted by atomic mass is 19.1. The number of benzene rings is 1. The molecule has 0 radical (unpaired) electrons. The van der Waals surface area contributed by atoms with Gasteiger partial charge >= 0.3 is 0 Å². The van der Waals surface area contributed by atoms with E-state index in [1.807, 2.05) is 15.9 Å². The SMILES string of the molecule is CC(=O)N1CCC(Cc2ccc(F)cc2)(C(=O)N2CCCCC2c2ccn[nH]2)CC1. The van der Waals surface area contributed by atoms with Gasteiger partial charge in [0.15, 0.2) is 0 Å². The van der Waals surface area contributed by atoms with Gasteiger partial charge in [0.2, 0.25) is 11.8 Å². The summed E-state index contributed by atoms with van der Waals surface area (Å²) in [5.41, 5.74) is 1.34. The van der Waals surface area contributed by atoms with Gasteiger partial charge in [-0.25, -0.2) is 4.39 Å². The maximum atomic E-state index is 14.0. The van der Waals surface area contributed by atoms with Crippen molar-refractivity contribution in [2.75, 3.05) is 19.6 Å².